The Kier molecular flexibility index (Phi) is 3.41. The van der Waals surface area contributed by atoms with Gasteiger partial charge in [0.25, 0.3) is 0 Å². The van der Waals surface area contributed by atoms with E-state index in [1.54, 1.807) is 4.98 Å². The van der Waals surface area contributed by atoms with E-state index in [1.165, 1.54) is 6.92 Å². The number of nitro groups is 1. The van der Waals surface area contributed by atoms with Crippen LogP contribution in [0.2, 0.25) is 0 Å². The van der Waals surface area contributed by atoms with Gasteiger partial charge in [0, 0.05) is 0 Å². The molecule has 0 amide bonds. The van der Waals surface area contributed by atoms with E-state index in [4.69, 9.17) is 0 Å². The highest BCUT2D eigenvalue weighted by Crippen LogP contribution is 2.07. The molecule has 0 aromatic carbocycles. The van der Waals surface area contributed by atoms with Crippen LogP contribution in [-0.2, 0) is 9.53 Å². The minimum absolute atomic E-state index is 0.711. The van der Waals surface area contributed by atoms with Gasteiger partial charge >= 0.3 is 22.9 Å². The predicted molar refractivity (Wildman–Crippen MR) is 54.7 cm³/mol. The fraction of sp³-hybridized carbons (Fsp3) is 0.375. The average molecular weight is 243 g/mol. The van der Waals surface area contributed by atoms with Gasteiger partial charge in [-0.15, -0.1) is 0 Å². The Morgan fingerprint density at radius 3 is 2.65 bits per heavy atom. The van der Waals surface area contributed by atoms with Crippen molar-refractivity contribution >= 4 is 11.7 Å². The van der Waals surface area contributed by atoms with E-state index >= 15 is 0 Å². The number of nitrogens with one attached hydrogen (secondary N) is 1. The molecular weight excluding hydrogens is 234 g/mol. The first-order valence-electron chi connectivity index (χ1n) is 4.46. The van der Waals surface area contributed by atoms with Crippen LogP contribution in [0.3, 0.4) is 0 Å². The predicted octanol–water partition coefficient (Wildman–Crippen LogP) is -0.821. The van der Waals surface area contributed by atoms with Crippen LogP contribution in [0.1, 0.15) is 13.0 Å². The monoisotopic (exact) mass is 243 g/mol. The second-order valence-corrected chi connectivity index (χ2v) is 3.14. The molecule has 0 spiro atoms. The lowest BCUT2D eigenvalue weighted by Gasteiger charge is -2.11. The molecule has 0 fully saturated rings. The zero-order valence-electron chi connectivity index (χ0n) is 9.00. The van der Waals surface area contributed by atoms with E-state index in [-0.39, 0.29) is 0 Å². The molecule has 0 bridgehead atoms. The first-order valence-corrected chi connectivity index (χ1v) is 4.46. The summed E-state index contributed by atoms with van der Waals surface area (Å²) in [7, 11) is 1.12. The van der Waals surface area contributed by atoms with E-state index in [1.807, 2.05) is 0 Å². The second-order valence-electron chi connectivity index (χ2n) is 3.14. The maximum Gasteiger partial charge on any atom is 0.350 e. The Morgan fingerprint density at radius 2 is 2.18 bits per heavy atom. The van der Waals surface area contributed by atoms with Gasteiger partial charge in [-0.1, -0.05) is 0 Å². The number of ether oxygens (including phenoxy) is 1. The van der Waals surface area contributed by atoms with Crippen molar-refractivity contribution in [2.75, 3.05) is 7.11 Å². The molecule has 0 unspecified atom stereocenters. The van der Waals surface area contributed by atoms with Crippen LogP contribution < -0.4 is 11.2 Å². The van der Waals surface area contributed by atoms with E-state index < -0.39 is 33.9 Å². The average Bonchev–Trinajstić information content (AvgIpc) is 2.26. The first-order chi connectivity index (χ1) is 7.88. The molecule has 92 valence electrons. The molecule has 0 radical (unpaired) electrons. The van der Waals surface area contributed by atoms with Gasteiger partial charge in [0.1, 0.15) is 6.04 Å². The summed E-state index contributed by atoms with van der Waals surface area (Å²) >= 11 is 0. The summed E-state index contributed by atoms with van der Waals surface area (Å²) in [6.45, 7) is 1.31. The lowest BCUT2D eigenvalue weighted by Crippen LogP contribution is -2.35. The van der Waals surface area contributed by atoms with Gasteiger partial charge in [0.2, 0.25) is 0 Å². The molecule has 0 saturated carbocycles. The molecule has 17 heavy (non-hydrogen) atoms. The number of methoxy groups -OCH3 is 1. The van der Waals surface area contributed by atoms with E-state index in [0.717, 1.165) is 11.7 Å². The highest BCUT2D eigenvalue weighted by Gasteiger charge is 2.21. The van der Waals surface area contributed by atoms with Crippen LogP contribution in [-0.4, -0.2) is 27.6 Å². The Hall–Kier alpha value is -2.45. The Balaban J connectivity index is 3.40. The van der Waals surface area contributed by atoms with Crippen LogP contribution in [0.5, 0.6) is 0 Å². The molecule has 1 N–H and O–H groups in total. The quantitative estimate of drug-likeness (QED) is 0.420. The van der Waals surface area contributed by atoms with Gasteiger partial charge in [0.15, 0.2) is 0 Å². The fourth-order valence-electron chi connectivity index (χ4n) is 1.18. The van der Waals surface area contributed by atoms with E-state index in [2.05, 4.69) is 4.74 Å². The molecule has 9 nitrogen and oxygen atoms in total. The van der Waals surface area contributed by atoms with Gasteiger partial charge in [0.05, 0.1) is 18.2 Å². The molecule has 1 heterocycles. The third kappa shape index (κ3) is 2.38. The maximum absolute atomic E-state index is 11.4. The topological polar surface area (TPSA) is 124 Å². The normalized spacial score (nSPS) is 11.9. The van der Waals surface area contributed by atoms with Crippen molar-refractivity contribution < 1.29 is 14.5 Å². The number of aromatic nitrogens is 2. The summed E-state index contributed by atoms with van der Waals surface area (Å²) in [5.74, 6) is -0.756. The molecule has 1 atom stereocenters. The molecule has 0 aliphatic carbocycles. The van der Waals surface area contributed by atoms with Gasteiger partial charge in [-0.2, -0.15) is 0 Å². The van der Waals surface area contributed by atoms with Gasteiger partial charge in [-0.25, -0.2) is 9.59 Å². The van der Waals surface area contributed by atoms with Crippen LogP contribution in [0.25, 0.3) is 0 Å². The van der Waals surface area contributed by atoms with Crippen molar-refractivity contribution in [3.05, 3.63) is 37.1 Å². The summed E-state index contributed by atoms with van der Waals surface area (Å²) in [6, 6.07) is -1.07. The van der Waals surface area contributed by atoms with Crippen LogP contribution >= 0.6 is 0 Å². The lowest BCUT2D eigenvalue weighted by molar-refractivity contribution is -0.386. The number of carbonyl (C=O) groups excluding carboxylic acids is 1. The summed E-state index contributed by atoms with van der Waals surface area (Å²) in [4.78, 5) is 44.9. The van der Waals surface area contributed by atoms with E-state index in [9.17, 15) is 24.5 Å². The zero-order valence-corrected chi connectivity index (χ0v) is 9.00. The van der Waals surface area contributed by atoms with Crippen LogP contribution in [0.4, 0.5) is 5.69 Å². The van der Waals surface area contributed by atoms with Crippen LogP contribution in [0.15, 0.2) is 15.8 Å². The summed E-state index contributed by atoms with van der Waals surface area (Å²) in [5.41, 5.74) is -2.85. The molecule has 0 saturated heterocycles. The van der Waals surface area contributed by atoms with Crippen molar-refractivity contribution in [2.45, 2.75) is 13.0 Å². The molecular formula is C8H9N3O6. The number of H-pyrrole nitrogens is 1. The third-order valence-electron chi connectivity index (χ3n) is 2.11. The molecule has 1 aromatic rings. The molecule has 1 aromatic heterocycles. The SMILES string of the molecule is COC(=O)[C@@H](C)n1cc([N+](=O)[O-])c(=O)[nH]c1=O. The molecule has 1 rings (SSSR count). The lowest BCUT2D eigenvalue weighted by atomic mass is 10.3. The number of nitrogens with zero attached hydrogens (tertiary/aromatic N) is 2. The zero-order chi connectivity index (χ0) is 13.2. The van der Waals surface area contributed by atoms with E-state index in [0.29, 0.717) is 6.20 Å². The van der Waals surface area contributed by atoms with Crippen molar-refractivity contribution in [3.63, 3.8) is 0 Å². The van der Waals surface area contributed by atoms with Crippen LogP contribution in [0, 0.1) is 10.1 Å². The van der Waals surface area contributed by atoms with Crippen molar-refractivity contribution in [1.82, 2.24) is 9.55 Å². The Morgan fingerprint density at radius 1 is 1.59 bits per heavy atom. The number of rotatable bonds is 3. The standard InChI is InChI=1S/C8H9N3O6/c1-4(7(13)17-2)10-3-5(11(15)16)6(12)9-8(10)14/h3-4H,1-2H3,(H,9,12,14)/t4-/m1/s1. The van der Waals surface area contributed by atoms with Crippen molar-refractivity contribution in [3.8, 4) is 0 Å². The number of hydrogen-bond acceptors (Lipinski definition) is 6. The molecule has 0 aliphatic heterocycles. The fourth-order valence-corrected chi connectivity index (χ4v) is 1.18. The Bertz CT molecular complexity index is 571. The highest BCUT2D eigenvalue weighted by atomic mass is 16.6. The van der Waals surface area contributed by atoms with Gasteiger partial charge in [-0.3, -0.25) is 24.5 Å². The number of hydrogen-bond donors (Lipinski definition) is 1. The molecule has 9 heteroatoms. The second kappa shape index (κ2) is 4.60. The molecule has 0 aliphatic rings. The third-order valence-corrected chi connectivity index (χ3v) is 2.11. The minimum Gasteiger partial charge on any atom is -0.467 e. The van der Waals surface area contributed by atoms with Gasteiger partial charge < -0.3 is 4.74 Å². The Labute approximate surface area is 93.8 Å². The van der Waals surface area contributed by atoms with Crippen molar-refractivity contribution in [1.29, 1.82) is 0 Å². The first kappa shape index (κ1) is 12.6. The number of esters is 1. The smallest absolute Gasteiger partial charge is 0.350 e. The summed E-state index contributed by atoms with van der Waals surface area (Å²) in [6.07, 6.45) is 0.711. The minimum atomic E-state index is -1.12. The van der Waals surface area contributed by atoms with Crippen molar-refractivity contribution in [2.24, 2.45) is 0 Å². The highest BCUT2D eigenvalue weighted by molar-refractivity contribution is 5.73. The number of carbonyl (C=O) groups is 1. The number of aromatic amines is 1. The summed E-state index contributed by atoms with van der Waals surface area (Å²) in [5, 5.41) is 10.5. The largest absolute Gasteiger partial charge is 0.467 e. The summed E-state index contributed by atoms with van der Waals surface area (Å²) < 4.78 is 5.12. The maximum atomic E-state index is 11.4. The van der Waals surface area contributed by atoms with Gasteiger partial charge in [-0.05, 0) is 6.92 Å².